The highest BCUT2D eigenvalue weighted by atomic mass is 35.5. The Morgan fingerprint density at radius 2 is 1.96 bits per heavy atom. The van der Waals surface area contributed by atoms with E-state index in [1.54, 1.807) is 6.92 Å². The molecule has 0 spiro atoms. The van der Waals surface area contributed by atoms with Gasteiger partial charge < -0.3 is 9.84 Å². The van der Waals surface area contributed by atoms with Crippen LogP contribution >= 0.6 is 11.6 Å². The zero-order valence-corrected chi connectivity index (χ0v) is 14.7. The standard InChI is InChI=1S/C17H13ClF3N3O3/c1-2-27-15-8(18)3-4-9(19)11(15)12-14(25)13-16(23-6-5-22-13)24(17(12)26)7-10(20)21/h3-6,10,25H,2,7H2,1H3. The van der Waals surface area contributed by atoms with E-state index in [9.17, 15) is 23.1 Å². The van der Waals surface area contributed by atoms with E-state index in [2.05, 4.69) is 9.97 Å². The van der Waals surface area contributed by atoms with Crippen LogP contribution in [0.15, 0.2) is 29.3 Å². The van der Waals surface area contributed by atoms with E-state index in [-0.39, 0.29) is 28.5 Å². The number of hydrogen-bond acceptors (Lipinski definition) is 5. The van der Waals surface area contributed by atoms with Gasteiger partial charge >= 0.3 is 0 Å². The minimum absolute atomic E-state index is 0.00768. The number of benzene rings is 1. The zero-order valence-electron chi connectivity index (χ0n) is 13.9. The number of nitrogens with zero attached hydrogens (tertiary/aromatic N) is 3. The van der Waals surface area contributed by atoms with Gasteiger partial charge in [0.1, 0.15) is 17.1 Å². The molecule has 0 aliphatic heterocycles. The SMILES string of the molecule is CCOc1c(Cl)ccc(F)c1-c1c(O)c2nccnc2n(CC(F)F)c1=O. The largest absolute Gasteiger partial charge is 0.505 e. The topological polar surface area (TPSA) is 77.2 Å². The second-order valence-electron chi connectivity index (χ2n) is 5.43. The molecule has 3 rings (SSSR count). The minimum atomic E-state index is -2.89. The van der Waals surface area contributed by atoms with Gasteiger partial charge in [0.25, 0.3) is 12.0 Å². The maximum Gasteiger partial charge on any atom is 0.264 e. The van der Waals surface area contributed by atoms with Crippen molar-refractivity contribution in [2.75, 3.05) is 6.61 Å². The number of halogens is 4. The number of alkyl halides is 2. The number of ether oxygens (including phenoxy) is 1. The molecule has 142 valence electrons. The monoisotopic (exact) mass is 399 g/mol. The van der Waals surface area contributed by atoms with Crippen LogP contribution in [-0.2, 0) is 6.54 Å². The molecule has 10 heteroatoms. The van der Waals surface area contributed by atoms with E-state index in [1.807, 2.05) is 0 Å². The van der Waals surface area contributed by atoms with E-state index in [0.29, 0.717) is 4.57 Å². The number of aromatic nitrogens is 3. The van der Waals surface area contributed by atoms with Crippen molar-refractivity contribution < 1.29 is 23.0 Å². The van der Waals surface area contributed by atoms with Gasteiger partial charge in [-0.05, 0) is 19.1 Å². The number of aromatic hydroxyl groups is 1. The maximum atomic E-state index is 14.6. The van der Waals surface area contributed by atoms with Gasteiger partial charge in [0, 0.05) is 12.4 Å². The predicted molar refractivity (Wildman–Crippen MR) is 93.0 cm³/mol. The molecular weight excluding hydrogens is 387 g/mol. The summed E-state index contributed by atoms with van der Waals surface area (Å²) in [6, 6.07) is 2.21. The van der Waals surface area contributed by atoms with Gasteiger partial charge in [0.2, 0.25) is 0 Å². The second-order valence-corrected chi connectivity index (χ2v) is 5.83. The molecule has 0 unspecified atom stereocenters. The van der Waals surface area contributed by atoms with Crippen LogP contribution in [0, 0.1) is 5.82 Å². The first-order valence-electron chi connectivity index (χ1n) is 7.82. The summed E-state index contributed by atoms with van der Waals surface area (Å²) in [4.78, 5) is 20.6. The molecule has 0 fully saturated rings. The fraction of sp³-hybridized carbons (Fsp3) is 0.235. The number of hydrogen-bond donors (Lipinski definition) is 1. The molecule has 0 saturated carbocycles. The summed E-state index contributed by atoms with van der Waals surface area (Å²) in [7, 11) is 0. The number of pyridine rings is 1. The summed E-state index contributed by atoms with van der Waals surface area (Å²) >= 11 is 6.05. The van der Waals surface area contributed by atoms with Crippen LogP contribution in [0.1, 0.15) is 6.92 Å². The molecule has 0 aliphatic carbocycles. The first kappa shape index (κ1) is 19.0. The van der Waals surface area contributed by atoms with Crippen molar-refractivity contribution in [2.45, 2.75) is 19.9 Å². The van der Waals surface area contributed by atoms with Crippen molar-refractivity contribution in [3.05, 3.63) is 45.7 Å². The minimum Gasteiger partial charge on any atom is -0.505 e. The third kappa shape index (κ3) is 3.30. The third-order valence-corrected chi connectivity index (χ3v) is 4.07. The van der Waals surface area contributed by atoms with Gasteiger partial charge in [0.15, 0.2) is 11.4 Å². The van der Waals surface area contributed by atoms with Crippen LogP contribution in [0.25, 0.3) is 22.3 Å². The summed E-state index contributed by atoms with van der Waals surface area (Å²) in [5.74, 6) is -1.80. The highest BCUT2D eigenvalue weighted by Crippen LogP contribution is 2.42. The van der Waals surface area contributed by atoms with Gasteiger partial charge in [-0.25, -0.2) is 23.1 Å². The molecule has 0 atom stereocenters. The smallest absolute Gasteiger partial charge is 0.264 e. The van der Waals surface area contributed by atoms with Crippen LogP contribution in [0.4, 0.5) is 13.2 Å². The molecule has 0 aliphatic rings. The fourth-order valence-corrected chi connectivity index (χ4v) is 2.94. The Bertz CT molecular complexity index is 1070. The van der Waals surface area contributed by atoms with E-state index in [4.69, 9.17) is 16.3 Å². The molecule has 1 aromatic carbocycles. The van der Waals surface area contributed by atoms with Crippen LogP contribution in [0.5, 0.6) is 11.5 Å². The quantitative estimate of drug-likeness (QED) is 0.709. The van der Waals surface area contributed by atoms with E-state index in [1.165, 1.54) is 18.5 Å². The first-order valence-corrected chi connectivity index (χ1v) is 8.20. The van der Waals surface area contributed by atoms with Crippen LogP contribution < -0.4 is 10.3 Å². The number of fused-ring (bicyclic) bond motifs is 1. The van der Waals surface area contributed by atoms with Crippen LogP contribution in [0.2, 0.25) is 5.02 Å². The Labute approximate surface area is 155 Å². The highest BCUT2D eigenvalue weighted by Gasteiger charge is 2.27. The summed E-state index contributed by atoms with van der Waals surface area (Å²) < 4.78 is 46.6. The summed E-state index contributed by atoms with van der Waals surface area (Å²) in [6.07, 6.45) is -0.490. The predicted octanol–water partition coefficient (Wildman–Crippen LogP) is 3.62. The molecule has 0 saturated heterocycles. The molecule has 2 heterocycles. The highest BCUT2D eigenvalue weighted by molar-refractivity contribution is 6.32. The Morgan fingerprint density at radius 3 is 2.63 bits per heavy atom. The molecular formula is C17H13ClF3N3O3. The lowest BCUT2D eigenvalue weighted by Crippen LogP contribution is -2.26. The maximum absolute atomic E-state index is 14.6. The Kier molecular flexibility index (Phi) is 5.22. The fourth-order valence-electron chi connectivity index (χ4n) is 2.73. The molecule has 6 nitrogen and oxygen atoms in total. The van der Waals surface area contributed by atoms with Crippen molar-refractivity contribution in [3.63, 3.8) is 0 Å². The Balaban J connectivity index is 2.47. The molecule has 2 aromatic heterocycles. The molecule has 27 heavy (non-hydrogen) atoms. The molecule has 0 amide bonds. The van der Waals surface area contributed by atoms with Gasteiger partial charge in [-0.2, -0.15) is 0 Å². The lowest BCUT2D eigenvalue weighted by atomic mass is 10.0. The van der Waals surface area contributed by atoms with Gasteiger partial charge in [-0.3, -0.25) is 9.36 Å². The molecule has 3 aromatic rings. The van der Waals surface area contributed by atoms with Crippen molar-refractivity contribution in [1.29, 1.82) is 0 Å². The van der Waals surface area contributed by atoms with Crippen molar-refractivity contribution in [3.8, 4) is 22.6 Å². The normalized spacial score (nSPS) is 11.3. The van der Waals surface area contributed by atoms with Gasteiger partial charge in [-0.15, -0.1) is 0 Å². The molecule has 0 radical (unpaired) electrons. The summed E-state index contributed by atoms with van der Waals surface area (Å²) in [5.41, 5.74) is -2.54. The Morgan fingerprint density at radius 1 is 1.26 bits per heavy atom. The zero-order chi connectivity index (χ0) is 19.7. The van der Waals surface area contributed by atoms with E-state index < -0.39 is 41.2 Å². The summed E-state index contributed by atoms with van der Waals surface area (Å²) in [6.45, 7) is 0.703. The van der Waals surface area contributed by atoms with Crippen LogP contribution in [-0.4, -0.2) is 32.7 Å². The third-order valence-electron chi connectivity index (χ3n) is 3.77. The van der Waals surface area contributed by atoms with Crippen molar-refractivity contribution in [2.24, 2.45) is 0 Å². The average Bonchev–Trinajstić information content (AvgIpc) is 2.64. The lowest BCUT2D eigenvalue weighted by Gasteiger charge is -2.17. The van der Waals surface area contributed by atoms with E-state index in [0.717, 1.165) is 6.07 Å². The second kappa shape index (κ2) is 7.43. The average molecular weight is 400 g/mol. The van der Waals surface area contributed by atoms with Gasteiger partial charge in [-0.1, -0.05) is 11.6 Å². The summed E-state index contributed by atoms with van der Waals surface area (Å²) in [5, 5.41) is 10.6. The van der Waals surface area contributed by atoms with Crippen LogP contribution in [0.3, 0.4) is 0 Å². The number of rotatable bonds is 5. The Hall–Kier alpha value is -2.81. The van der Waals surface area contributed by atoms with E-state index >= 15 is 0 Å². The van der Waals surface area contributed by atoms with Gasteiger partial charge in [0.05, 0.1) is 29.3 Å². The van der Waals surface area contributed by atoms with Crippen molar-refractivity contribution >= 4 is 22.8 Å². The molecule has 1 N–H and O–H groups in total. The lowest BCUT2D eigenvalue weighted by molar-refractivity contribution is 0.126. The first-order chi connectivity index (χ1) is 12.9. The molecule has 0 bridgehead atoms. The van der Waals surface area contributed by atoms with Crippen molar-refractivity contribution in [1.82, 2.24) is 14.5 Å².